The second-order valence-corrected chi connectivity index (χ2v) is 14.1. The van der Waals surface area contributed by atoms with Crippen LogP contribution < -0.4 is 9.80 Å². The van der Waals surface area contributed by atoms with Gasteiger partial charge in [-0.2, -0.15) is 0 Å². The summed E-state index contributed by atoms with van der Waals surface area (Å²) in [4.78, 5) is 4.72. The average Bonchev–Trinajstić information content (AvgIpc) is 3.19. The molecule has 0 aliphatic rings. The first-order chi connectivity index (χ1) is 26.1. The zero-order valence-electron chi connectivity index (χ0n) is 32.9. The van der Waals surface area contributed by atoms with Crippen molar-refractivity contribution in [1.82, 2.24) is 0 Å². The third-order valence-corrected chi connectivity index (χ3v) is 9.63. The second-order valence-electron chi connectivity index (χ2n) is 14.1. The minimum atomic E-state index is 1.12. The van der Waals surface area contributed by atoms with Gasteiger partial charge in [0, 0.05) is 34.1 Å². The SMILES string of the molecule is CCCc1ccc(N(c2ccc(CCC)cc2)c2cccc(CCC)c2)cc1.CCCc1ccc(N(c2ccccc2)c2cccc(CCC)c2)cc1. The quantitative estimate of drug-likeness (QED) is 0.0992. The van der Waals surface area contributed by atoms with E-state index in [1.807, 2.05) is 0 Å². The topological polar surface area (TPSA) is 6.48 Å². The Hall–Kier alpha value is -5.08. The molecule has 0 aliphatic heterocycles. The van der Waals surface area contributed by atoms with Crippen LogP contribution >= 0.6 is 0 Å². The summed E-state index contributed by atoms with van der Waals surface area (Å²) in [5.41, 5.74) is 14.3. The predicted octanol–water partition coefficient (Wildman–Crippen LogP) is 15.1. The van der Waals surface area contributed by atoms with E-state index >= 15 is 0 Å². The largest absolute Gasteiger partial charge is 0.310 e. The van der Waals surface area contributed by atoms with Crippen molar-refractivity contribution in [3.05, 3.63) is 179 Å². The smallest absolute Gasteiger partial charge is 0.0464 e. The third kappa shape index (κ3) is 11.2. The molecule has 0 aromatic heterocycles. The molecule has 0 heterocycles. The van der Waals surface area contributed by atoms with Crippen molar-refractivity contribution in [2.45, 2.75) is 98.8 Å². The van der Waals surface area contributed by atoms with E-state index in [1.165, 1.54) is 94.0 Å². The van der Waals surface area contributed by atoms with Gasteiger partial charge in [-0.05, 0) is 133 Å². The molecule has 0 fully saturated rings. The van der Waals surface area contributed by atoms with Crippen molar-refractivity contribution in [3.63, 3.8) is 0 Å². The van der Waals surface area contributed by atoms with Crippen molar-refractivity contribution >= 4 is 34.1 Å². The molecular formula is C51H60N2. The lowest BCUT2D eigenvalue weighted by Crippen LogP contribution is -2.10. The van der Waals surface area contributed by atoms with Gasteiger partial charge in [0.2, 0.25) is 0 Å². The van der Waals surface area contributed by atoms with Gasteiger partial charge in [0.1, 0.15) is 0 Å². The van der Waals surface area contributed by atoms with Crippen LogP contribution in [0, 0.1) is 0 Å². The summed E-state index contributed by atoms with van der Waals surface area (Å²) < 4.78 is 0. The number of hydrogen-bond acceptors (Lipinski definition) is 2. The standard InChI is InChI=1S/C27H33N.C24H27N/c1-4-8-22-13-17-25(18-14-22)28(26-19-15-23(9-5-2)16-20-26)27-12-7-11-24(21-27)10-6-3;1-3-9-20-15-17-23(18-16-20)25(22-12-6-5-7-13-22)24-14-8-11-21(19-24)10-4-2/h7,11-21H,4-6,8-10H2,1-3H3;5-8,11-19H,3-4,9-10H2,1-2H3. The maximum absolute atomic E-state index is 2.38. The van der Waals surface area contributed by atoms with Crippen LogP contribution in [0.15, 0.2) is 152 Å². The van der Waals surface area contributed by atoms with Gasteiger partial charge in [0.25, 0.3) is 0 Å². The fourth-order valence-electron chi connectivity index (χ4n) is 7.05. The molecule has 0 saturated heterocycles. The Labute approximate surface area is 321 Å². The van der Waals surface area contributed by atoms with Gasteiger partial charge >= 0.3 is 0 Å². The van der Waals surface area contributed by atoms with Crippen LogP contribution in [0.1, 0.15) is 94.5 Å². The lowest BCUT2D eigenvalue weighted by atomic mass is 10.1. The highest BCUT2D eigenvalue weighted by Crippen LogP contribution is 2.37. The zero-order valence-corrected chi connectivity index (χ0v) is 32.9. The van der Waals surface area contributed by atoms with Crippen LogP contribution in [0.25, 0.3) is 0 Å². The summed E-state index contributed by atoms with van der Waals surface area (Å²) in [5.74, 6) is 0. The van der Waals surface area contributed by atoms with E-state index in [0.29, 0.717) is 0 Å². The maximum atomic E-state index is 2.38. The fraction of sp³-hybridized carbons (Fsp3) is 0.294. The lowest BCUT2D eigenvalue weighted by molar-refractivity contribution is 0.919. The molecule has 0 unspecified atom stereocenters. The van der Waals surface area contributed by atoms with E-state index in [-0.39, 0.29) is 0 Å². The first-order valence-electron chi connectivity index (χ1n) is 20.2. The molecule has 0 radical (unpaired) electrons. The van der Waals surface area contributed by atoms with E-state index in [9.17, 15) is 0 Å². The van der Waals surface area contributed by atoms with E-state index < -0.39 is 0 Å². The van der Waals surface area contributed by atoms with Crippen LogP contribution in [-0.4, -0.2) is 0 Å². The monoisotopic (exact) mass is 700 g/mol. The maximum Gasteiger partial charge on any atom is 0.0464 e. The number of hydrogen-bond donors (Lipinski definition) is 0. The normalized spacial score (nSPS) is 10.7. The summed E-state index contributed by atoms with van der Waals surface area (Å²) in [6.07, 6.45) is 11.5. The molecule has 0 aliphatic carbocycles. The first-order valence-corrected chi connectivity index (χ1v) is 20.2. The Morgan fingerprint density at radius 3 is 0.868 bits per heavy atom. The fourth-order valence-corrected chi connectivity index (χ4v) is 7.05. The van der Waals surface area contributed by atoms with Crippen LogP contribution in [0.5, 0.6) is 0 Å². The Morgan fingerprint density at radius 1 is 0.264 bits per heavy atom. The van der Waals surface area contributed by atoms with Crippen LogP contribution in [0.3, 0.4) is 0 Å². The number of benzene rings is 6. The molecule has 6 aromatic rings. The van der Waals surface area contributed by atoms with Crippen molar-refractivity contribution < 1.29 is 0 Å². The number of rotatable bonds is 16. The van der Waals surface area contributed by atoms with Gasteiger partial charge in [0.15, 0.2) is 0 Å². The highest BCUT2D eigenvalue weighted by Gasteiger charge is 2.14. The molecule has 2 nitrogen and oxygen atoms in total. The summed E-state index contributed by atoms with van der Waals surface area (Å²) in [6, 6.07) is 55.6. The van der Waals surface area contributed by atoms with Gasteiger partial charge < -0.3 is 9.80 Å². The zero-order chi connectivity index (χ0) is 37.3. The molecule has 0 bridgehead atoms. The molecule has 0 atom stereocenters. The molecule has 0 amide bonds. The van der Waals surface area contributed by atoms with Crippen LogP contribution in [-0.2, 0) is 32.1 Å². The molecule has 2 heteroatoms. The predicted molar refractivity (Wildman–Crippen MR) is 232 cm³/mol. The van der Waals surface area contributed by atoms with Crippen molar-refractivity contribution in [2.75, 3.05) is 9.80 Å². The molecule has 6 aromatic carbocycles. The van der Waals surface area contributed by atoms with Gasteiger partial charge in [-0.1, -0.05) is 146 Å². The summed E-state index contributed by atoms with van der Waals surface area (Å²) >= 11 is 0. The van der Waals surface area contributed by atoms with Gasteiger partial charge in [0.05, 0.1) is 0 Å². The average molecular weight is 701 g/mol. The lowest BCUT2D eigenvalue weighted by Gasteiger charge is -2.26. The highest BCUT2D eigenvalue weighted by molar-refractivity contribution is 5.78. The summed E-state index contributed by atoms with van der Waals surface area (Å²) in [7, 11) is 0. The summed E-state index contributed by atoms with van der Waals surface area (Å²) in [6.45, 7) is 11.2. The van der Waals surface area contributed by atoms with E-state index in [2.05, 4.69) is 196 Å². The first kappa shape index (κ1) is 39.1. The van der Waals surface area contributed by atoms with Crippen molar-refractivity contribution in [1.29, 1.82) is 0 Å². The van der Waals surface area contributed by atoms with Crippen molar-refractivity contribution in [2.24, 2.45) is 0 Å². The molecule has 6 rings (SSSR count). The van der Waals surface area contributed by atoms with Crippen LogP contribution in [0.2, 0.25) is 0 Å². The van der Waals surface area contributed by atoms with E-state index in [4.69, 9.17) is 0 Å². The molecule has 0 N–H and O–H groups in total. The van der Waals surface area contributed by atoms with E-state index in [0.717, 1.165) is 32.1 Å². The highest BCUT2D eigenvalue weighted by atomic mass is 15.1. The third-order valence-electron chi connectivity index (χ3n) is 9.63. The number of anilines is 6. The molecule has 53 heavy (non-hydrogen) atoms. The molecule has 0 spiro atoms. The second kappa shape index (κ2) is 20.8. The molecular weight excluding hydrogens is 641 g/mol. The Morgan fingerprint density at radius 2 is 0.547 bits per heavy atom. The molecule has 274 valence electrons. The number of nitrogens with zero attached hydrogens (tertiary/aromatic N) is 2. The summed E-state index contributed by atoms with van der Waals surface area (Å²) in [5, 5.41) is 0. The van der Waals surface area contributed by atoms with Crippen LogP contribution in [0.4, 0.5) is 34.1 Å². The van der Waals surface area contributed by atoms with Gasteiger partial charge in [-0.3, -0.25) is 0 Å². The Bertz CT molecular complexity index is 1860. The Balaban J connectivity index is 0.000000206. The van der Waals surface area contributed by atoms with Gasteiger partial charge in [-0.25, -0.2) is 0 Å². The van der Waals surface area contributed by atoms with E-state index in [1.54, 1.807) is 0 Å². The molecule has 0 saturated carbocycles. The van der Waals surface area contributed by atoms with Gasteiger partial charge in [-0.15, -0.1) is 0 Å². The van der Waals surface area contributed by atoms with Crippen molar-refractivity contribution in [3.8, 4) is 0 Å². The number of aryl methyl sites for hydroxylation is 5. The number of para-hydroxylation sites is 1. The minimum absolute atomic E-state index is 1.12. The Kier molecular flexibility index (Phi) is 15.4. The minimum Gasteiger partial charge on any atom is -0.310 e.